The van der Waals surface area contributed by atoms with Gasteiger partial charge in [0.05, 0.1) is 10.6 Å². The van der Waals surface area contributed by atoms with Gasteiger partial charge in [-0.3, -0.25) is 14.7 Å². The molecule has 0 spiro atoms. The summed E-state index contributed by atoms with van der Waals surface area (Å²) in [6, 6.07) is 16.4. The zero-order valence-electron chi connectivity index (χ0n) is 14.8. The number of phenols is 1. The highest BCUT2D eigenvalue weighted by molar-refractivity contribution is 8.19. The van der Waals surface area contributed by atoms with Gasteiger partial charge in [-0.1, -0.05) is 50.1 Å². The number of rotatable bonds is 6. The van der Waals surface area contributed by atoms with Crippen LogP contribution in [0.25, 0.3) is 6.08 Å². The number of amides is 1. The van der Waals surface area contributed by atoms with Crippen molar-refractivity contribution >= 4 is 34.6 Å². The molecule has 1 N–H and O–H groups in total. The molecule has 0 radical (unpaired) electrons. The molecule has 1 aliphatic rings. The van der Waals surface area contributed by atoms with E-state index < -0.39 is 0 Å². The van der Waals surface area contributed by atoms with Gasteiger partial charge in [0.15, 0.2) is 5.17 Å². The van der Waals surface area contributed by atoms with Crippen molar-refractivity contribution < 1.29 is 9.90 Å². The van der Waals surface area contributed by atoms with Crippen molar-refractivity contribution in [3.8, 4) is 5.75 Å². The molecule has 0 aliphatic carbocycles. The second kappa shape index (κ2) is 8.72. The van der Waals surface area contributed by atoms with Gasteiger partial charge in [0.1, 0.15) is 5.75 Å². The minimum Gasteiger partial charge on any atom is -0.508 e. The number of para-hydroxylation sites is 1. The zero-order valence-corrected chi connectivity index (χ0v) is 15.6. The van der Waals surface area contributed by atoms with Crippen LogP contribution in [0.4, 0.5) is 5.69 Å². The minimum absolute atomic E-state index is 0.0662. The number of benzene rings is 2. The van der Waals surface area contributed by atoms with Crippen LogP contribution in [0.2, 0.25) is 0 Å². The van der Waals surface area contributed by atoms with Crippen molar-refractivity contribution in [2.75, 3.05) is 11.4 Å². The molecule has 0 saturated carbocycles. The smallest absolute Gasteiger partial charge is 0.271 e. The summed E-state index contributed by atoms with van der Waals surface area (Å²) in [5.41, 5.74) is 1.70. The van der Waals surface area contributed by atoms with Gasteiger partial charge in [0.2, 0.25) is 0 Å². The largest absolute Gasteiger partial charge is 0.508 e. The third-order valence-electron chi connectivity index (χ3n) is 4.02. The molecule has 1 heterocycles. The van der Waals surface area contributed by atoms with Crippen molar-refractivity contribution in [2.45, 2.75) is 26.2 Å². The van der Waals surface area contributed by atoms with E-state index in [-0.39, 0.29) is 11.7 Å². The van der Waals surface area contributed by atoms with E-state index in [2.05, 4.69) is 11.9 Å². The number of phenolic OH excluding ortho intramolecular Hbond substituents is 1. The number of aliphatic imine (C=N–C) groups is 1. The highest BCUT2D eigenvalue weighted by Gasteiger charge is 2.34. The van der Waals surface area contributed by atoms with Crippen molar-refractivity contribution in [1.29, 1.82) is 0 Å². The van der Waals surface area contributed by atoms with E-state index in [1.165, 1.54) is 11.8 Å². The third kappa shape index (κ3) is 4.35. The Bertz CT molecular complexity index is 814. The van der Waals surface area contributed by atoms with Gasteiger partial charge in [-0.2, -0.15) is 0 Å². The molecule has 2 aromatic carbocycles. The van der Waals surface area contributed by atoms with Gasteiger partial charge < -0.3 is 5.11 Å². The Morgan fingerprint density at radius 2 is 1.81 bits per heavy atom. The summed E-state index contributed by atoms with van der Waals surface area (Å²) >= 11 is 1.40. The first-order valence-corrected chi connectivity index (χ1v) is 9.63. The molecular formula is C21H22N2O2S. The van der Waals surface area contributed by atoms with Crippen molar-refractivity contribution in [3.63, 3.8) is 0 Å². The fraction of sp³-hybridized carbons (Fsp3) is 0.238. The van der Waals surface area contributed by atoms with Gasteiger partial charge in [-0.15, -0.1) is 0 Å². The van der Waals surface area contributed by atoms with E-state index in [0.29, 0.717) is 4.91 Å². The summed E-state index contributed by atoms with van der Waals surface area (Å²) in [6.45, 7) is 2.88. The second-order valence-electron chi connectivity index (χ2n) is 6.05. The quantitative estimate of drug-likeness (QED) is 0.574. The number of aromatic hydroxyl groups is 1. The lowest BCUT2D eigenvalue weighted by atomic mass is 10.2. The third-order valence-corrected chi connectivity index (χ3v) is 5.03. The molecule has 26 heavy (non-hydrogen) atoms. The number of thioether (sulfide) groups is 1. The highest BCUT2D eigenvalue weighted by atomic mass is 32.2. The fourth-order valence-corrected chi connectivity index (χ4v) is 3.65. The number of hydrogen-bond acceptors (Lipinski definition) is 4. The number of unbranched alkanes of at least 4 members (excludes halogenated alkanes) is 2. The number of hydrogen-bond donors (Lipinski definition) is 1. The highest BCUT2D eigenvalue weighted by Crippen LogP contribution is 2.36. The van der Waals surface area contributed by atoms with Crippen LogP contribution < -0.4 is 4.90 Å². The lowest BCUT2D eigenvalue weighted by molar-refractivity contribution is -0.113. The first-order chi connectivity index (χ1) is 12.7. The lowest BCUT2D eigenvalue weighted by Crippen LogP contribution is -2.28. The predicted molar refractivity (Wildman–Crippen MR) is 109 cm³/mol. The summed E-state index contributed by atoms with van der Waals surface area (Å²) in [5.74, 6) is 0.144. The molecule has 134 valence electrons. The van der Waals surface area contributed by atoms with E-state index in [4.69, 9.17) is 0 Å². The van der Waals surface area contributed by atoms with Crippen LogP contribution in [-0.2, 0) is 4.79 Å². The molecule has 1 aliphatic heterocycles. The van der Waals surface area contributed by atoms with Gasteiger partial charge in [0, 0.05) is 6.54 Å². The van der Waals surface area contributed by atoms with E-state index in [9.17, 15) is 9.90 Å². The first kappa shape index (κ1) is 18.3. The van der Waals surface area contributed by atoms with E-state index in [0.717, 1.165) is 42.2 Å². The van der Waals surface area contributed by atoms with E-state index in [1.54, 1.807) is 29.2 Å². The molecule has 1 saturated heterocycles. The number of amidine groups is 1. The van der Waals surface area contributed by atoms with Crippen LogP contribution in [0.1, 0.15) is 31.7 Å². The van der Waals surface area contributed by atoms with E-state index >= 15 is 0 Å². The molecule has 0 atom stereocenters. The van der Waals surface area contributed by atoms with Gasteiger partial charge in [-0.25, -0.2) is 0 Å². The summed E-state index contributed by atoms with van der Waals surface area (Å²) in [7, 11) is 0. The van der Waals surface area contributed by atoms with Crippen LogP contribution in [0, 0.1) is 0 Å². The van der Waals surface area contributed by atoms with Crippen LogP contribution in [0.3, 0.4) is 0 Å². The van der Waals surface area contributed by atoms with Crippen molar-refractivity contribution in [3.05, 3.63) is 65.1 Å². The van der Waals surface area contributed by atoms with Crippen LogP contribution in [0.15, 0.2) is 64.5 Å². The summed E-state index contributed by atoms with van der Waals surface area (Å²) in [6.07, 6.45) is 5.15. The average molecular weight is 366 g/mol. The zero-order chi connectivity index (χ0) is 18.4. The molecule has 0 unspecified atom stereocenters. The molecular weight excluding hydrogens is 344 g/mol. The summed E-state index contributed by atoms with van der Waals surface area (Å²) < 4.78 is 0. The summed E-state index contributed by atoms with van der Waals surface area (Å²) in [4.78, 5) is 20.0. The average Bonchev–Trinajstić information content (AvgIpc) is 2.97. The lowest BCUT2D eigenvalue weighted by Gasteiger charge is -2.15. The Labute approximate surface area is 158 Å². The Kier molecular flexibility index (Phi) is 6.12. The molecule has 0 bridgehead atoms. The Morgan fingerprint density at radius 1 is 1.08 bits per heavy atom. The Hall–Kier alpha value is -2.53. The normalized spacial score (nSPS) is 17.4. The summed E-state index contributed by atoms with van der Waals surface area (Å²) in [5, 5.41) is 10.1. The van der Waals surface area contributed by atoms with E-state index in [1.807, 2.05) is 36.4 Å². The maximum Gasteiger partial charge on any atom is 0.271 e. The molecule has 0 aromatic heterocycles. The number of carbonyl (C=O) groups is 1. The van der Waals surface area contributed by atoms with Gasteiger partial charge >= 0.3 is 0 Å². The molecule has 3 rings (SSSR count). The van der Waals surface area contributed by atoms with Crippen LogP contribution in [0.5, 0.6) is 5.75 Å². The SMILES string of the molecule is CCCCCN=C1S/C(=C\c2ccc(O)cc2)C(=O)N1c1ccccc1. The van der Waals surface area contributed by atoms with Crippen LogP contribution in [-0.4, -0.2) is 22.7 Å². The number of carbonyl (C=O) groups excluding carboxylic acids is 1. The number of anilines is 1. The second-order valence-corrected chi connectivity index (χ2v) is 7.06. The Morgan fingerprint density at radius 3 is 2.50 bits per heavy atom. The monoisotopic (exact) mass is 366 g/mol. The Balaban J connectivity index is 1.89. The minimum atomic E-state index is -0.0662. The predicted octanol–water partition coefficient (Wildman–Crippen LogP) is 5.06. The fourth-order valence-electron chi connectivity index (χ4n) is 2.64. The molecule has 2 aromatic rings. The molecule has 1 amide bonds. The first-order valence-electron chi connectivity index (χ1n) is 8.81. The van der Waals surface area contributed by atoms with Gasteiger partial charge in [0.25, 0.3) is 5.91 Å². The molecule has 4 nitrogen and oxygen atoms in total. The van der Waals surface area contributed by atoms with Gasteiger partial charge in [-0.05, 0) is 54.1 Å². The van der Waals surface area contributed by atoms with Crippen molar-refractivity contribution in [2.24, 2.45) is 4.99 Å². The molecule has 5 heteroatoms. The maximum absolute atomic E-state index is 13.0. The number of nitrogens with zero attached hydrogens (tertiary/aromatic N) is 2. The standard InChI is InChI=1S/C21H22N2O2S/c1-2-3-7-14-22-21-23(17-8-5-4-6-9-17)20(25)19(26-21)15-16-10-12-18(24)13-11-16/h4-6,8-13,15,24H,2-3,7,14H2,1H3/b19-15-,22-21?. The maximum atomic E-state index is 13.0. The van der Waals surface area contributed by atoms with Crippen molar-refractivity contribution in [1.82, 2.24) is 0 Å². The van der Waals surface area contributed by atoms with Crippen LogP contribution >= 0.6 is 11.8 Å². The topological polar surface area (TPSA) is 52.9 Å². The molecule has 1 fully saturated rings.